The molecule has 0 spiro atoms. The van der Waals surface area contributed by atoms with Crippen molar-refractivity contribution in [1.29, 1.82) is 0 Å². The standard InChI is InChI=1S/C21H26N2O2/c1-23(15-20(24)17-6-3-2-4-7-17)13-12-21(25)22-19-11-10-16-8-5-9-18(16)14-19/h2-4,6-7,10-11,14,20,24H,5,8-9,12-13,15H2,1H3,(H,22,25)/t20-/m1/s1. The van der Waals surface area contributed by atoms with Crippen LogP contribution >= 0.6 is 0 Å². The van der Waals surface area contributed by atoms with E-state index < -0.39 is 6.10 Å². The second-order valence-corrected chi connectivity index (χ2v) is 6.82. The first-order chi connectivity index (χ1) is 12.1. The van der Waals surface area contributed by atoms with Crippen molar-refractivity contribution in [3.8, 4) is 0 Å². The molecule has 3 rings (SSSR count). The highest BCUT2D eigenvalue weighted by Crippen LogP contribution is 2.24. The van der Waals surface area contributed by atoms with Crippen molar-refractivity contribution in [2.75, 3.05) is 25.5 Å². The van der Waals surface area contributed by atoms with Crippen molar-refractivity contribution in [3.05, 3.63) is 65.2 Å². The first kappa shape index (κ1) is 17.6. The van der Waals surface area contributed by atoms with Gasteiger partial charge in [-0.3, -0.25) is 4.79 Å². The van der Waals surface area contributed by atoms with Gasteiger partial charge in [-0.1, -0.05) is 36.4 Å². The molecule has 0 unspecified atom stereocenters. The van der Waals surface area contributed by atoms with E-state index in [0.29, 0.717) is 19.5 Å². The van der Waals surface area contributed by atoms with Gasteiger partial charge in [0.05, 0.1) is 6.10 Å². The first-order valence-corrected chi connectivity index (χ1v) is 8.95. The molecular weight excluding hydrogens is 312 g/mol. The lowest BCUT2D eigenvalue weighted by Gasteiger charge is -2.20. The summed E-state index contributed by atoms with van der Waals surface area (Å²) in [4.78, 5) is 14.2. The third-order valence-corrected chi connectivity index (χ3v) is 4.77. The summed E-state index contributed by atoms with van der Waals surface area (Å²) in [6, 6.07) is 15.8. The highest BCUT2D eigenvalue weighted by atomic mass is 16.3. The van der Waals surface area contributed by atoms with E-state index in [4.69, 9.17) is 0 Å². The molecule has 1 atom stereocenters. The molecule has 0 bridgehead atoms. The molecule has 132 valence electrons. The molecule has 1 amide bonds. The number of fused-ring (bicyclic) bond motifs is 1. The molecule has 0 saturated heterocycles. The van der Waals surface area contributed by atoms with Crippen molar-refractivity contribution in [2.24, 2.45) is 0 Å². The van der Waals surface area contributed by atoms with Gasteiger partial charge >= 0.3 is 0 Å². The minimum Gasteiger partial charge on any atom is -0.387 e. The van der Waals surface area contributed by atoms with Gasteiger partial charge in [0, 0.05) is 25.2 Å². The number of aryl methyl sites for hydroxylation is 2. The third kappa shape index (κ3) is 4.91. The number of likely N-dealkylation sites (N-methyl/N-ethyl adjacent to an activating group) is 1. The summed E-state index contributed by atoms with van der Waals surface area (Å²) in [7, 11) is 1.93. The van der Waals surface area contributed by atoms with Crippen LogP contribution < -0.4 is 5.32 Å². The number of carbonyl (C=O) groups excluding carboxylic acids is 1. The van der Waals surface area contributed by atoms with Gasteiger partial charge < -0.3 is 15.3 Å². The maximum absolute atomic E-state index is 12.2. The second-order valence-electron chi connectivity index (χ2n) is 6.82. The maximum Gasteiger partial charge on any atom is 0.225 e. The predicted octanol–water partition coefficient (Wildman–Crippen LogP) is 3.17. The molecule has 0 saturated carbocycles. The Morgan fingerprint density at radius 3 is 2.72 bits per heavy atom. The van der Waals surface area contributed by atoms with Gasteiger partial charge in [-0.25, -0.2) is 0 Å². The average molecular weight is 338 g/mol. The Morgan fingerprint density at radius 1 is 1.16 bits per heavy atom. The number of nitrogens with one attached hydrogen (secondary N) is 1. The Hall–Kier alpha value is -2.17. The zero-order valence-electron chi connectivity index (χ0n) is 14.7. The summed E-state index contributed by atoms with van der Waals surface area (Å²) in [6.07, 6.45) is 3.35. The summed E-state index contributed by atoms with van der Waals surface area (Å²) in [5.74, 6) is 0.0130. The van der Waals surface area contributed by atoms with Gasteiger partial charge in [0.15, 0.2) is 0 Å². The number of hydrogen-bond donors (Lipinski definition) is 2. The van der Waals surface area contributed by atoms with Crippen molar-refractivity contribution in [1.82, 2.24) is 4.90 Å². The monoisotopic (exact) mass is 338 g/mol. The Balaban J connectivity index is 1.44. The third-order valence-electron chi connectivity index (χ3n) is 4.77. The fourth-order valence-corrected chi connectivity index (χ4v) is 3.33. The van der Waals surface area contributed by atoms with Gasteiger partial charge in [0.2, 0.25) is 5.91 Å². The van der Waals surface area contributed by atoms with Crippen LogP contribution in [0, 0.1) is 0 Å². The van der Waals surface area contributed by atoms with Gasteiger partial charge in [-0.15, -0.1) is 0 Å². The number of benzene rings is 2. The van der Waals surface area contributed by atoms with E-state index in [1.54, 1.807) is 0 Å². The molecule has 4 nitrogen and oxygen atoms in total. The lowest BCUT2D eigenvalue weighted by atomic mass is 10.1. The SMILES string of the molecule is CN(CCC(=O)Nc1ccc2c(c1)CCC2)C[C@@H](O)c1ccccc1. The molecular formula is C21H26N2O2. The molecule has 0 heterocycles. The van der Waals surface area contributed by atoms with Crippen LogP contribution in [0.25, 0.3) is 0 Å². The summed E-state index contributed by atoms with van der Waals surface area (Å²) in [5, 5.41) is 13.2. The molecule has 0 aromatic heterocycles. The minimum atomic E-state index is -0.536. The fourth-order valence-electron chi connectivity index (χ4n) is 3.33. The average Bonchev–Trinajstić information content (AvgIpc) is 3.08. The number of carbonyl (C=O) groups is 1. The molecule has 0 radical (unpaired) electrons. The molecule has 2 N–H and O–H groups in total. The molecule has 2 aromatic rings. The molecule has 1 aliphatic rings. The molecule has 4 heteroatoms. The summed E-state index contributed by atoms with van der Waals surface area (Å²) in [6.45, 7) is 1.12. The van der Waals surface area contributed by atoms with E-state index in [1.807, 2.05) is 48.3 Å². The number of nitrogens with zero attached hydrogens (tertiary/aromatic N) is 1. The molecule has 25 heavy (non-hydrogen) atoms. The first-order valence-electron chi connectivity index (χ1n) is 8.95. The molecule has 1 aliphatic carbocycles. The normalized spacial score (nSPS) is 14.4. The summed E-state index contributed by atoms with van der Waals surface area (Å²) in [5.41, 5.74) is 4.56. The van der Waals surface area contributed by atoms with Crippen LogP contribution in [0.3, 0.4) is 0 Å². The number of aliphatic hydroxyl groups excluding tert-OH is 1. The number of anilines is 1. The lowest BCUT2D eigenvalue weighted by Crippen LogP contribution is -2.28. The van der Waals surface area contributed by atoms with Crippen LogP contribution in [0.4, 0.5) is 5.69 Å². The maximum atomic E-state index is 12.2. The van der Waals surface area contributed by atoms with E-state index in [2.05, 4.69) is 17.4 Å². The van der Waals surface area contributed by atoms with Gasteiger partial charge in [-0.05, 0) is 55.1 Å². The summed E-state index contributed by atoms with van der Waals surface area (Å²) < 4.78 is 0. The predicted molar refractivity (Wildman–Crippen MR) is 101 cm³/mol. The van der Waals surface area contributed by atoms with Gasteiger partial charge in [-0.2, -0.15) is 0 Å². The van der Waals surface area contributed by atoms with Crippen LogP contribution in [-0.4, -0.2) is 36.1 Å². The van der Waals surface area contributed by atoms with Crippen LogP contribution in [0.5, 0.6) is 0 Å². The van der Waals surface area contributed by atoms with Crippen molar-refractivity contribution >= 4 is 11.6 Å². The van der Waals surface area contributed by atoms with Crippen LogP contribution in [-0.2, 0) is 17.6 Å². The Kier molecular flexibility index (Phi) is 5.84. The van der Waals surface area contributed by atoms with Crippen molar-refractivity contribution in [2.45, 2.75) is 31.8 Å². The van der Waals surface area contributed by atoms with Crippen LogP contribution in [0.1, 0.15) is 35.6 Å². The van der Waals surface area contributed by atoms with E-state index >= 15 is 0 Å². The fraction of sp³-hybridized carbons (Fsp3) is 0.381. The Bertz CT molecular complexity index is 715. The van der Waals surface area contributed by atoms with E-state index in [1.165, 1.54) is 17.5 Å². The van der Waals surface area contributed by atoms with Crippen LogP contribution in [0.15, 0.2) is 48.5 Å². The largest absolute Gasteiger partial charge is 0.387 e. The number of aliphatic hydroxyl groups is 1. The van der Waals surface area contributed by atoms with Crippen LogP contribution in [0.2, 0.25) is 0 Å². The highest BCUT2D eigenvalue weighted by Gasteiger charge is 2.13. The smallest absolute Gasteiger partial charge is 0.225 e. The van der Waals surface area contributed by atoms with Gasteiger partial charge in [0.1, 0.15) is 0 Å². The zero-order chi connectivity index (χ0) is 17.6. The lowest BCUT2D eigenvalue weighted by molar-refractivity contribution is -0.116. The Labute approximate surface area is 149 Å². The van der Waals surface area contributed by atoms with Crippen molar-refractivity contribution in [3.63, 3.8) is 0 Å². The molecule has 0 aliphatic heterocycles. The molecule has 0 fully saturated rings. The van der Waals surface area contributed by atoms with Crippen molar-refractivity contribution < 1.29 is 9.90 Å². The van der Waals surface area contributed by atoms with E-state index in [0.717, 1.165) is 24.1 Å². The quantitative estimate of drug-likeness (QED) is 0.815. The number of hydrogen-bond acceptors (Lipinski definition) is 3. The number of rotatable bonds is 7. The Morgan fingerprint density at radius 2 is 1.92 bits per heavy atom. The summed E-state index contributed by atoms with van der Waals surface area (Å²) >= 11 is 0. The van der Waals surface area contributed by atoms with E-state index in [9.17, 15) is 9.90 Å². The number of amides is 1. The minimum absolute atomic E-state index is 0.0130. The van der Waals surface area contributed by atoms with E-state index in [-0.39, 0.29) is 5.91 Å². The molecule has 2 aromatic carbocycles. The highest BCUT2D eigenvalue weighted by molar-refractivity contribution is 5.91. The topological polar surface area (TPSA) is 52.6 Å². The second kappa shape index (κ2) is 8.28. The zero-order valence-corrected chi connectivity index (χ0v) is 14.7. The van der Waals surface area contributed by atoms with Gasteiger partial charge in [0.25, 0.3) is 0 Å².